The van der Waals surface area contributed by atoms with Gasteiger partial charge in [0.05, 0.1) is 42.1 Å². The van der Waals surface area contributed by atoms with Crippen molar-refractivity contribution in [1.29, 1.82) is 0 Å². The van der Waals surface area contributed by atoms with Gasteiger partial charge < -0.3 is 40.5 Å². The number of ether oxygens (including phenoxy) is 2. The van der Waals surface area contributed by atoms with Crippen LogP contribution in [0.25, 0.3) is 0 Å². The minimum absolute atomic E-state index is 0. The predicted octanol–water partition coefficient (Wildman–Crippen LogP) is 0.417. The number of aliphatic hydroxyl groups is 2. The maximum Gasteiger partial charge on any atom is 0.338 e. The normalized spacial score (nSPS) is 9.06. The topological polar surface area (TPSA) is 219 Å². The highest BCUT2D eigenvalue weighted by atomic mass is 16.6. The van der Waals surface area contributed by atoms with E-state index >= 15 is 0 Å². The summed E-state index contributed by atoms with van der Waals surface area (Å²) in [6, 6.07) is 10.6. The highest BCUT2D eigenvalue weighted by Crippen LogP contribution is 2.06. The van der Waals surface area contributed by atoms with Crippen LogP contribution in [-0.4, -0.2) is 88.4 Å². The van der Waals surface area contributed by atoms with Gasteiger partial charge in [-0.05, 0) is 48.5 Å². The third kappa shape index (κ3) is 13.2. The van der Waals surface area contributed by atoms with Gasteiger partial charge in [0.25, 0.3) is 0 Å². The summed E-state index contributed by atoms with van der Waals surface area (Å²) in [7, 11) is 1.51. The lowest BCUT2D eigenvalue weighted by atomic mass is 10.1. The van der Waals surface area contributed by atoms with Crippen LogP contribution in [0.5, 0.6) is 0 Å². The van der Waals surface area contributed by atoms with Crippen molar-refractivity contribution in [2.24, 2.45) is 0 Å². The Bertz CT molecular complexity index is 825. The SMILES string of the molecule is COCCOC(=O)c1ccc(C(=O)O)cc1.O.O=C(O)c1ccc(C(=O)O)cc1.OCCO. The second-order valence-electron chi connectivity index (χ2n) is 5.65. The zero-order valence-corrected chi connectivity index (χ0v) is 17.6. The van der Waals surface area contributed by atoms with Gasteiger partial charge >= 0.3 is 23.9 Å². The average Bonchev–Trinajstić information content (AvgIpc) is 2.79. The van der Waals surface area contributed by atoms with E-state index in [0.717, 1.165) is 0 Å². The van der Waals surface area contributed by atoms with E-state index < -0.39 is 23.9 Å². The lowest BCUT2D eigenvalue weighted by molar-refractivity contribution is 0.0387. The van der Waals surface area contributed by atoms with Crippen molar-refractivity contribution in [3.63, 3.8) is 0 Å². The Hall–Kier alpha value is -3.84. The van der Waals surface area contributed by atoms with Gasteiger partial charge in [-0.2, -0.15) is 0 Å². The van der Waals surface area contributed by atoms with Gasteiger partial charge in [0, 0.05) is 7.11 Å². The van der Waals surface area contributed by atoms with Crippen LogP contribution >= 0.6 is 0 Å². The molecule has 0 fully saturated rings. The maximum absolute atomic E-state index is 11.4. The fourth-order valence-electron chi connectivity index (χ4n) is 1.81. The molecule has 0 heterocycles. The average molecular weight is 470 g/mol. The molecule has 0 atom stereocenters. The Kier molecular flexibility index (Phi) is 16.9. The number of carbonyl (C=O) groups is 4. The van der Waals surface area contributed by atoms with Gasteiger partial charge in [0.15, 0.2) is 0 Å². The number of carboxylic acids is 3. The predicted molar refractivity (Wildman–Crippen MR) is 114 cm³/mol. The highest BCUT2D eigenvalue weighted by Gasteiger charge is 2.08. The van der Waals surface area contributed by atoms with E-state index in [1.165, 1.54) is 55.6 Å². The van der Waals surface area contributed by atoms with Crippen LogP contribution in [-0.2, 0) is 9.47 Å². The molecule has 0 aliphatic rings. The summed E-state index contributed by atoms with van der Waals surface area (Å²) in [5, 5.41) is 40.8. The Labute approximate surface area is 188 Å². The minimum atomic E-state index is -1.06. The number of benzene rings is 2. The maximum atomic E-state index is 11.4. The molecule has 0 unspecified atom stereocenters. The molecule has 0 aliphatic heterocycles. The first-order chi connectivity index (χ1) is 15.2. The van der Waals surface area contributed by atoms with Crippen molar-refractivity contribution < 1.29 is 59.7 Å². The number of methoxy groups -OCH3 is 1. The summed E-state index contributed by atoms with van der Waals surface area (Å²) >= 11 is 0. The number of hydrogen-bond donors (Lipinski definition) is 5. The van der Waals surface area contributed by atoms with Gasteiger partial charge in [-0.3, -0.25) is 0 Å². The first-order valence-corrected chi connectivity index (χ1v) is 8.95. The summed E-state index contributed by atoms with van der Waals surface area (Å²) in [5.41, 5.74) is 0.620. The molecule has 7 N–H and O–H groups in total. The van der Waals surface area contributed by atoms with E-state index in [4.69, 9.17) is 35.0 Å². The fraction of sp³-hybridized carbons (Fsp3) is 0.238. The molecule has 2 aromatic carbocycles. The van der Waals surface area contributed by atoms with Crippen molar-refractivity contribution in [1.82, 2.24) is 0 Å². The molecule has 0 radical (unpaired) electrons. The molecule has 0 saturated heterocycles. The quantitative estimate of drug-likeness (QED) is 0.263. The van der Waals surface area contributed by atoms with Gasteiger partial charge in [-0.1, -0.05) is 0 Å². The van der Waals surface area contributed by atoms with Crippen molar-refractivity contribution in [3.05, 3.63) is 70.8 Å². The molecule has 33 heavy (non-hydrogen) atoms. The van der Waals surface area contributed by atoms with Crippen molar-refractivity contribution in [2.45, 2.75) is 0 Å². The number of carboxylic acid groups (broad SMARTS) is 3. The molecule has 12 heteroatoms. The molecule has 182 valence electrons. The lowest BCUT2D eigenvalue weighted by Crippen LogP contribution is -2.10. The largest absolute Gasteiger partial charge is 0.478 e. The molecule has 0 saturated carbocycles. The molecule has 0 amide bonds. The van der Waals surface area contributed by atoms with E-state index in [9.17, 15) is 19.2 Å². The molecule has 2 rings (SSSR count). The monoisotopic (exact) mass is 470 g/mol. The van der Waals surface area contributed by atoms with Crippen LogP contribution in [0, 0.1) is 0 Å². The fourth-order valence-corrected chi connectivity index (χ4v) is 1.81. The zero-order chi connectivity index (χ0) is 24.5. The first-order valence-electron chi connectivity index (χ1n) is 8.95. The Morgan fingerprint density at radius 1 is 0.636 bits per heavy atom. The molecule has 0 spiro atoms. The standard InChI is InChI=1S/C11H12O5.C8H6O4.C2H6O2.H2O/c1-15-6-7-16-11(14)9-4-2-8(3-5-9)10(12)13;9-7(10)5-1-2-6(4-3-5)8(11)12;3-1-2-4;/h2-5H,6-7H2,1H3,(H,12,13);1-4H,(H,9,10)(H,11,12);3-4H,1-2H2;1H2. The molecular formula is C21H26O12. The lowest BCUT2D eigenvalue weighted by Gasteiger charge is -2.03. The number of hydrogen-bond acceptors (Lipinski definition) is 8. The van der Waals surface area contributed by atoms with E-state index in [1.54, 1.807) is 0 Å². The van der Waals surface area contributed by atoms with Crippen molar-refractivity contribution in [2.75, 3.05) is 33.5 Å². The molecular weight excluding hydrogens is 444 g/mol. The van der Waals surface area contributed by atoms with Gasteiger partial charge in [-0.25, -0.2) is 19.2 Å². The van der Waals surface area contributed by atoms with E-state index in [2.05, 4.69) is 0 Å². The van der Waals surface area contributed by atoms with Gasteiger partial charge in [-0.15, -0.1) is 0 Å². The zero-order valence-electron chi connectivity index (χ0n) is 17.6. The van der Waals surface area contributed by atoms with Crippen LogP contribution in [0.3, 0.4) is 0 Å². The number of aromatic carboxylic acids is 3. The number of aliphatic hydroxyl groups excluding tert-OH is 2. The summed E-state index contributed by atoms with van der Waals surface area (Å²) in [6.07, 6.45) is 0. The highest BCUT2D eigenvalue weighted by molar-refractivity contribution is 5.93. The van der Waals surface area contributed by atoms with Crippen LogP contribution in [0.2, 0.25) is 0 Å². The van der Waals surface area contributed by atoms with E-state index in [1.807, 2.05) is 0 Å². The summed E-state index contributed by atoms with van der Waals surface area (Å²) < 4.78 is 9.58. The Morgan fingerprint density at radius 3 is 1.18 bits per heavy atom. The number of carbonyl (C=O) groups excluding carboxylic acids is 1. The molecule has 0 aliphatic carbocycles. The van der Waals surface area contributed by atoms with Crippen LogP contribution in [0.1, 0.15) is 41.4 Å². The minimum Gasteiger partial charge on any atom is -0.478 e. The number of esters is 1. The van der Waals surface area contributed by atoms with E-state index in [0.29, 0.717) is 12.2 Å². The third-order valence-corrected chi connectivity index (χ3v) is 3.37. The van der Waals surface area contributed by atoms with Gasteiger partial charge in [0.1, 0.15) is 6.61 Å². The van der Waals surface area contributed by atoms with Crippen molar-refractivity contribution in [3.8, 4) is 0 Å². The van der Waals surface area contributed by atoms with Crippen LogP contribution < -0.4 is 0 Å². The summed E-state index contributed by atoms with van der Waals surface area (Å²) in [5.74, 6) is -3.65. The molecule has 12 nitrogen and oxygen atoms in total. The smallest absolute Gasteiger partial charge is 0.338 e. The van der Waals surface area contributed by atoms with Crippen LogP contribution in [0.4, 0.5) is 0 Å². The molecule has 0 bridgehead atoms. The first kappa shape index (κ1) is 31.3. The molecule has 2 aromatic rings. The van der Waals surface area contributed by atoms with Crippen LogP contribution in [0.15, 0.2) is 48.5 Å². The second kappa shape index (κ2) is 17.8. The number of rotatable bonds is 8. The Morgan fingerprint density at radius 2 is 0.939 bits per heavy atom. The third-order valence-electron chi connectivity index (χ3n) is 3.37. The summed E-state index contributed by atoms with van der Waals surface area (Å²) in [4.78, 5) is 42.6. The van der Waals surface area contributed by atoms with E-state index in [-0.39, 0.29) is 42.0 Å². The van der Waals surface area contributed by atoms with Crippen molar-refractivity contribution >= 4 is 23.9 Å². The Balaban J connectivity index is 0. The van der Waals surface area contributed by atoms with Gasteiger partial charge in [0.2, 0.25) is 0 Å². The second-order valence-corrected chi connectivity index (χ2v) is 5.65. The molecule has 0 aromatic heterocycles. The summed E-state index contributed by atoms with van der Waals surface area (Å²) in [6.45, 7) is 0.259.